The van der Waals surface area contributed by atoms with Crippen molar-refractivity contribution in [2.24, 2.45) is 4.99 Å². The number of nitrogens with one attached hydrogen (secondary N) is 1. The summed E-state index contributed by atoms with van der Waals surface area (Å²) in [6.45, 7) is 5.29. The number of ether oxygens (including phenoxy) is 3. The van der Waals surface area contributed by atoms with E-state index < -0.39 is 0 Å². The third-order valence-corrected chi connectivity index (χ3v) is 4.80. The van der Waals surface area contributed by atoms with Crippen molar-refractivity contribution in [3.8, 4) is 11.5 Å². The molecule has 0 atom stereocenters. The summed E-state index contributed by atoms with van der Waals surface area (Å²) in [6, 6.07) is 5.57. The molecule has 3 rings (SSSR count). The predicted molar refractivity (Wildman–Crippen MR) is 114 cm³/mol. The quantitative estimate of drug-likeness (QED) is 0.728. The number of carbonyl (C=O) groups is 1. The van der Waals surface area contributed by atoms with Crippen LogP contribution in [0.4, 0.5) is 10.5 Å². The van der Waals surface area contributed by atoms with E-state index in [1.807, 2.05) is 38.1 Å². The summed E-state index contributed by atoms with van der Waals surface area (Å²) in [5.74, 6) is 2.14. The molecule has 0 aliphatic carbocycles. The minimum Gasteiger partial charge on any atom is -0.497 e. The molecule has 9 nitrogen and oxygen atoms in total. The number of rotatable bonds is 7. The monoisotopic (exact) mass is 418 g/mol. The lowest BCUT2D eigenvalue weighted by Crippen LogP contribution is -2.44. The van der Waals surface area contributed by atoms with Gasteiger partial charge in [-0.15, -0.1) is 0 Å². The molecule has 2 aliphatic heterocycles. The lowest BCUT2D eigenvalue weighted by molar-refractivity contribution is -0.182. The second kappa shape index (κ2) is 10.2. The molecule has 0 unspecified atom stereocenters. The van der Waals surface area contributed by atoms with E-state index >= 15 is 0 Å². The van der Waals surface area contributed by atoms with Gasteiger partial charge < -0.3 is 24.4 Å². The molecule has 1 saturated heterocycles. The van der Waals surface area contributed by atoms with Crippen molar-refractivity contribution in [2.75, 3.05) is 39.3 Å². The van der Waals surface area contributed by atoms with Gasteiger partial charge in [0.1, 0.15) is 24.0 Å². The van der Waals surface area contributed by atoms with Gasteiger partial charge in [0.15, 0.2) is 0 Å². The van der Waals surface area contributed by atoms with Crippen LogP contribution in [0.15, 0.2) is 35.1 Å². The van der Waals surface area contributed by atoms with E-state index in [-0.39, 0.29) is 18.3 Å². The van der Waals surface area contributed by atoms with Gasteiger partial charge in [-0.25, -0.2) is 9.86 Å². The van der Waals surface area contributed by atoms with Crippen molar-refractivity contribution < 1.29 is 23.8 Å². The van der Waals surface area contributed by atoms with Gasteiger partial charge in [0, 0.05) is 25.4 Å². The predicted octanol–water partition coefficient (Wildman–Crippen LogP) is 3.24. The molecule has 2 heterocycles. The van der Waals surface area contributed by atoms with Crippen molar-refractivity contribution in [2.45, 2.75) is 38.9 Å². The Morgan fingerprint density at radius 2 is 1.97 bits per heavy atom. The Balaban J connectivity index is 1.59. The van der Waals surface area contributed by atoms with Crippen molar-refractivity contribution in [3.63, 3.8) is 0 Å². The maximum atomic E-state index is 12.1. The number of aliphatic imine (C=N–C) groups is 1. The number of hydrogen-bond acceptors (Lipinski definition) is 8. The number of anilines is 1. The third-order valence-electron chi connectivity index (χ3n) is 4.80. The Hall–Kier alpha value is -2.94. The van der Waals surface area contributed by atoms with Crippen LogP contribution in [0.3, 0.4) is 0 Å². The first kappa shape index (κ1) is 21.8. The molecule has 0 spiro atoms. The minimum absolute atomic E-state index is 0.00985. The number of hydroxylamine groups is 2. The number of likely N-dealkylation sites (tertiary alicyclic amines) is 1. The highest BCUT2D eigenvalue weighted by atomic mass is 16.7. The Kier molecular flexibility index (Phi) is 7.40. The number of piperidine rings is 1. The van der Waals surface area contributed by atoms with Crippen molar-refractivity contribution in [1.82, 2.24) is 9.96 Å². The summed E-state index contributed by atoms with van der Waals surface area (Å²) in [6.07, 6.45) is 4.65. The maximum Gasteiger partial charge on any atom is 0.410 e. The van der Waals surface area contributed by atoms with E-state index in [0.717, 1.165) is 24.4 Å². The molecule has 0 radical (unpaired) electrons. The molecule has 164 valence electrons. The molecule has 0 bridgehead atoms. The summed E-state index contributed by atoms with van der Waals surface area (Å²) in [7, 11) is 3.23. The number of benzene rings is 1. The number of methoxy groups -OCH3 is 2. The highest BCUT2D eigenvalue weighted by Gasteiger charge is 2.27. The third kappa shape index (κ3) is 5.56. The zero-order valence-corrected chi connectivity index (χ0v) is 18.0. The summed E-state index contributed by atoms with van der Waals surface area (Å²) in [5, 5.41) is 5.08. The van der Waals surface area contributed by atoms with Crippen molar-refractivity contribution >= 4 is 18.0 Å². The second-order valence-electron chi connectivity index (χ2n) is 7.32. The first-order valence-electron chi connectivity index (χ1n) is 10.1. The molecule has 0 aromatic heterocycles. The molecular weight excluding hydrogens is 388 g/mol. The molecule has 30 heavy (non-hydrogen) atoms. The van der Waals surface area contributed by atoms with Crippen LogP contribution in [0.5, 0.6) is 11.5 Å². The molecule has 1 aromatic carbocycles. The zero-order chi connectivity index (χ0) is 21.5. The number of amides is 1. The van der Waals surface area contributed by atoms with Gasteiger partial charge in [-0.05, 0) is 44.9 Å². The fourth-order valence-electron chi connectivity index (χ4n) is 3.24. The smallest absolute Gasteiger partial charge is 0.410 e. The van der Waals surface area contributed by atoms with E-state index in [0.29, 0.717) is 31.3 Å². The van der Waals surface area contributed by atoms with Crippen LogP contribution in [0.2, 0.25) is 0 Å². The van der Waals surface area contributed by atoms with Crippen LogP contribution < -0.4 is 14.8 Å². The average molecular weight is 418 g/mol. The molecule has 1 N–H and O–H groups in total. The first-order chi connectivity index (χ1) is 14.5. The topological polar surface area (TPSA) is 84.9 Å². The van der Waals surface area contributed by atoms with Crippen LogP contribution in [0, 0.1) is 0 Å². The number of nitrogens with zero attached hydrogens (tertiary/aromatic N) is 3. The average Bonchev–Trinajstić information content (AvgIpc) is 2.75. The Labute approximate surface area is 177 Å². The summed E-state index contributed by atoms with van der Waals surface area (Å²) < 4.78 is 16.0. The van der Waals surface area contributed by atoms with E-state index in [1.165, 1.54) is 0 Å². The van der Waals surface area contributed by atoms with E-state index in [1.54, 1.807) is 30.4 Å². The van der Waals surface area contributed by atoms with Crippen LogP contribution in [0.25, 0.3) is 0 Å². The fourth-order valence-corrected chi connectivity index (χ4v) is 3.24. The zero-order valence-electron chi connectivity index (χ0n) is 18.0. The van der Waals surface area contributed by atoms with Crippen molar-refractivity contribution in [1.29, 1.82) is 0 Å². The van der Waals surface area contributed by atoms with Gasteiger partial charge in [0.25, 0.3) is 0 Å². The van der Waals surface area contributed by atoms with Gasteiger partial charge >= 0.3 is 6.09 Å². The largest absolute Gasteiger partial charge is 0.497 e. The van der Waals surface area contributed by atoms with Crippen molar-refractivity contribution in [3.05, 3.63) is 30.1 Å². The lowest BCUT2D eigenvalue weighted by Gasteiger charge is -2.35. The highest BCUT2D eigenvalue weighted by Crippen LogP contribution is 2.31. The summed E-state index contributed by atoms with van der Waals surface area (Å²) in [5.41, 5.74) is 0.791. The SMILES string of the molecule is COc1ccc(NC2=CC=NCN2OC2CCN(C(=O)OC(C)C)CC2)c(OC)c1. The summed E-state index contributed by atoms with van der Waals surface area (Å²) in [4.78, 5) is 24.3. The minimum atomic E-state index is -0.264. The Morgan fingerprint density at radius 3 is 2.63 bits per heavy atom. The van der Waals surface area contributed by atoms with Crippen LogP contribution in [-0.2, 0) is 9.57 Å². The molecule has 9 heteroatoms. The second-order valence-corrected chi connectivity index (χ2v) is 7.32. The van der Waals surface area contributed by atoms with Gasteiger partial charge in [-0.2, -0.15) is 0 Å². The standard InChI is InChI=1S/C21H30N4O5/c1-15(2)29-21(26)24-11-8-16(9-12-24)30-25-14-22-10-7-20(25)23-18-6-5-17(27-3)13-19(18)28-4/h5-7,10,13,15-16,23H,8-9,11-12,14H2,1-4H3. The number of allylic oxidation sites excluding steroid dienone is 1. The van der Waals surface area contributed by atoms with Crippen LogP contribution in [0.1, 0.15) is 26.7 Å². The summed E-state index contributed by atoms with van der Waals surface area (Å²) >= 11 is 0. The van der Waals surface area contributed by atoms with Gasteiger partial charge in [-0.1, -0.05) is 0 Å². The normalized spacial score (nSPS) is 17.0. The van der Waals surface area contributed by atoms with Crippen LogP contribution >= 0.6 is 0 Å². The Morgan fingerprint density at radius 1 is 1.20 bits per heavy atom. The lowest BCUT2D eigenvalue weighted by atomic mass is 10.1. The van der Waals surface area contributed by atoms with E-state index in [4.69, 9.17) is 19.0 Å². The van der Waals surface area contributed by atoms with Gasteiger partial charge in [-0.3, -0.25) is 9.83 Å². The Bertz CT molecular complexity index is 788. The number of hydrogen-bond donors (Lipinski definition) is 1. The molecule has 1 aromatic rings. The fraction of sp³-hybridized carbons (Fsp3) is 0.524. The molecular formula is C21H30N4O5. The van der Waals surface area contributed by atoms with Crippen LogP contribution in [-0.4, -0.2) is 68.5 Å². The van der Waals surface area contributed by atoms with Gasteiger partial charge in [0.2, 0.25) is 0 Å². The van der Waals surface area contributed by atoms with E-state index in [2.05, 4.69) is 10.3 Å². The molecule has 2 aliphatic rings. The molecule has 1 amide bonds. The first-order valence-corrected chi connectivity index (χ1v) is 10.1. The maximum absolute atomic E-state index is 12.1. The number of carbonyl (C=O) groups excluding carboxylic acids is 1. The van der Waals surface area contributed by atoms with E-state index in [9.17, 15) is 4.79 Å². The molecule has 1 fully saturated rings. The highest BCUT2D eigenvalue weighted by molar-refractivity contribution is 5.75. The molecule has 0 saturated carbocycles. The van der Waals surface area contributed by atoms with Gasteiger partial charge in [0.05, 0.1) is 32.1 Å².